The number of carbonyl (C=O) groups excluding carboxylic acids is 1. The van der Waals surface area contributed by atoms with E-state index in [4.69, 9.17) is 10.3 Å². The number of hydrogen-bond acceptors (Lipinski definition) is 8. The summed E-state index contributed by atoms with van der Waals surface area (Å²) in [5.41, 5.74) is 0.429. The van der Waals surface area contributed by atoms with Crippen LogP contribution in [-0.2, 0) is 0 Å². The first-order chi connectivity index (χ1) is 12.4. The maximum Gasteiger partial charge on any atom is 0.279 e. The minimum absolute atomic E-state index is 0.0603. The summed E-state index contributed by atoms with van der Waals surface area (Å²) in [6.45, 7) is 3.70. The fourth-order valence-corrected chi connectivity index (χ4v) is 2.64. The normalized spacial score (nSPS) is 15.1. The van der Waals surface area contributed by atoms with Crippen molar-refractivity contribution >= 4 is 28.8 Å². The van der Waals surface area contributed by atoms with Crippen molar-refractivity contribution in [1.82, 2.24) is 19.9 Å². The Morgan fingerprint density at radius 3 is 2.65 bits per heavy atom. The summed E-state index contributed by atoms with van der Waals surface area (Å²) in [5, 5.41) is 4.51. The second kappa shape index (κ2) is 5.70. The number of aryl methyl sites for hydroxylation is 1. The number of hydrogen-bond donors (Lipinski definition) is 2. The van der Waals surface area contributed by atoms with Gasteiger partial charge in [0.2, 0.25) is 11.7 Å². The number of carbonyl (C=O) groups is 1. The van der Waals surface area contributed by atoms with Crippen molar-refractivity contribution in [3.05, 3.63) is 35.9 Å². The SMILES string of the molecule is Cc1oc2ncnc(NC3(C)CC3)c2c1C(=O)N(N)c1ncc(F)cn1. The van der Waals surface area contributed by atoms with Gasteiger partial charge in [-0.25, -0.2) is 35.2 Å². The predicted molar refractivity (Wildman–Crippen MR) is 90.8 cm³/mol. The molecule has 3 N–H and O–H groups in total. The Labute approximate surface area is 147 Å². The van der Waals surface area contributed by atoms with Crippen LogP contribution in [0.25, 0.3) is 11.1 Å². The van der Waals surface area contributed by atoms with Crippen LogP contribution in [0.4, 0.5) is 16.2 Å². The van der Waals surface area contributed by atoms with Crippen LogP contribution >= 0.6 is 0 Å². The molecule has 0 aliphatic heterocycles. The molecule has 0 radical (unpaired) electrons. The number of amides is 1. The van der Waals surface area contributed by atoms with Crippen LogP contribution < -0.4 is 16.2 Å². The van der Waals surface area contributed by atoms with E-state index < -0.39 is 11.7 Å². The summed E-state index contributed by atoms with van der Waals surface area (Å²) in [6, 6.07) is 0. The van der Waals surface area contributed by atoms with Crippen LogP contribution in [0.2, 0.25) is 0 Å². The number of anilines is 2. The van der Waals surface area contributed by atoms with Gasteiger partial charge in [0.15, 0.2) is 5.82 Å². The van der Waals surface area contributed by atoms with Crippen LogP contribution in [0, 0.1) is 12.7 Å². The molecule has 0 saturated heterocycles. The van der Waals surface area contributed by atoms with Gasteiger partial charge in [-0.05, 0) is 26.7 Å². The molecular weight excluding hydrogens is 341 g/mol. The van der Waals surface area contributed by atoms with Crippen LogP contribution in [0.3, 0.4) is 0 Å². The number of aromatic nitrogens is 4. The van der Waals surface area contributed by atoms with Crippen molar-refractivity contribution in [2.75, 3.05) is 10.3 Å². The minimum Gasteiger partial charge on any atom is -0.442 e. The molecule has 4 rings (SSSR count). The first kappa shape index (κ1) is 16.3. The van der Waals surface area contributed by atoms with Gasteiger partial charge in [0.1, 0.15) is 17.9 Å². The van der Waals surface area contributed by atoms with E-state index in [1.807, 2.05) is 0 Å². The number of fused-ring (bicyclic) bond motifs is 1. The molecule has 134 valence electrons. The summed E-state index contributed by atoms with van der Waals surface area (Å²) >= 11 is 0. The molecule has 10 heteroatoms. The van der Waals surface area contributed by atoms with Crippen LogP contribution in [0.1, 0.15) is 35.9 Å². The Morgan fingerprint density at radius 2 is 2.00 bits per heavy atom. The third-order valence-corrected chi connectivity index (χ3v) is 4.34. The first-order valence-corrected chi connectivity index (χ1v) is 7.97. The van der Waals surface area contributed by atoms with Gasteiger partial charge >= 0.3 is 0 Å². The smallest absolute Gasteiger partial charge is 0.279 e. The molecule has 1 aliphatic rings. The third kappa shape index (κ3) is 2.73. The molecule has 0 bridgehead atoms. The summed E-state index contributed by atoms with van der Waals surface area (Å²) in [4.78, 5) is 28.7. The summed E-state index contributed by atoms with van der Waals surface area (Å²) in [5.74, 6) is 5.34. The van der Waals surface area contributed by atoms with Gasteiger partial charge in [0.25, 0.3) is 5.91 Å². The Kier molecular flexibility index (Phi) is 3.58. The Morgan fingerprint density at radius 1 is 1.31 bits per heavy atom. The number of nitrogens with one attached hydrogen (secondary N) is 1. The second-order valence-electron chi connectivity index (χ2n) is 6.50. The standard InChI is InChI=1S/C16H16FN7O2/c1-8-10(14(25)24(18)15-19-5-9(17)6-20-15)11-12(23-16(2)3-4-16)21-7-22-13(11)26-8/h5-7H,3-4,18H2,1-2H3,(H,21,22,23). The van der Waals surface area contributed by atoms with E-state index in [0.717, 1.165) is 30.2 Å². The number of hydrazine groups is 1. The molecule has 0 unspecified atom stereocenters. The topological polar surface area (TPSA) is 123 Å². The van der Waals surface area contributed by atoms with E-state index in [1.165, 1.54) is 6.33 Å². The van der Waals surface area contributed by atoms with Crippen molar-refractivity contribution in [2.24, 2.45) is 5.84 Å². The molecule has 0 atom stereocenters. The molecule has 9 nitrogen and oxygen atoms in total. The van der Waals surface area contributed by atoms with E-state index in [0.29, 0.717) is 17.0 Å². The Bertz CT molecular complexity index is 998. The van der Waals surface area contributed by atoms with E-state index >= 15 is 0 Å². The molecule has 1 amide bonds. The van der Waals surface area contributed by atoms with Crippen molar-refractivity contribution in [2.45, 2.75) is 32.2 Å². The molecule has 1 aliphatic carbocycles. The van der Waals surface area contributed by atoms with E-state index in [2.05, 4.69) is 32.2 Å². The highest BCUT2D eigenvalue weighted by atomic mass is 19.1. The van der Waals surface area contributed by atoms with E-state index in [-0.39, 0.29) is 22.8 Å². The molecule has 3 heterocycles. The van der Waals surface area contributed by atoms with Gasteiger partial charge in [-0.1, -0.05) is 0 Å². The van der Waals surface area contributed by atoms with Gasteiger partial charge in [-0.3, -0.25) is 4.79 Å². The van der Waals surface area contributed by atoms with Crippen molar-refractivity contribution in [3.8, 4) is 0 Å². The molecular formula is C16H16FN7O2. The second-order valence-corrected chi connectivity index (χ2v) is 6.50. The lowest BCUT2D eigenvalue weighted by Crippen LogP contribution is -2.39. The monoisotopic (exact) mass is 357 g/mol. The zero-order valence-corrected chi connectivity index (χ0v) is 14.2. The van der Waals surface area contributed by atoms with Crippen LogP contribution in [0.15, 0.2) is 23.1 Å². The largest absolute Gasteiger partial charge is 0.442 e. The van der Waals surface area contributed by atoms with Crippen molar-refractivity contribution < 1.29 is 13.6 Å². The summed E-state index contributed by atoms with van der Waals surface area (Å²) in [7, 11) is 0. The molecule has 3 aromatic heterocycles. The maximum absolute atomic E-state index is 13.0. The van der Waals surface area contributed by atoms with Gasteiger partial charge in [0, 0.05) is 5.54 Å². The lowest BCUT2D eigenvalue weighted by Gasteiger charge is -2.16. The summed E-state index contributed by atoms with van der Waals surface area (Å²) in [6.07, 6.45) is 5.24. The van der Waals surface area contributed by atoms with Crippen LogP contribution in [-0.4, -0.2) is 31.4 Å². The lowest BCUT2D eigenvalue weighted by molar-refractivity contribution is 0.0985. The zero-order valence-electron chi connectivity index (χ0n) is 14.2. The van der Waals surface area contributed by atoms with Gasteiger partial charge in [-0.2, -0.15) is 0 Å². The van der Waals surface area contributed by atoms with Gasteiger partial charge in [-0.15, -0.1) is 0 Å². The van der Waals surface area contributed by atoms with Crippen LogP contribution in [0.5, 0.6) is 0 Å². The minimum atomic E-state index is -0.628. The Balaban J connectivity index is 1.78. The highest BCUT2D eigenvalue weighted by Gasteiger charge is 2.39. The average Bonchev–Trinajstić information content (AvgIpc) is 3.23. The molecule has 3 aromatic rings. The lowest BCUT2D eigenvalue weighted by atomic mass is 10.1. The molecule has 1 fully saturated rings. The van der Waals surface area contributed by atoms with Gasteiger partial charge in [0.05, 0.1) is 23.3 Å². The molecule has 0 spiro atoms. The summed E-state index contributed by atoms with van der Waals surface area (Å²) < 4.78 is 18.6. The fraction of sp³-hybridized carbons (Fsp3) is 0.312. The fourth-order valence-electron chi connectivity index (χ4n) is 2.64. The first-order valence-electron chi connectivity index (χ1n) is 7.97. The molecule has 1 saturated carbocycles. The van der Waals surface area contributed by atoms with E-state index in [1.54, 1.807) is 6.92 Å². The number of nitrogens with two attached hydrogens (primary N) is 1. The highest BCUT2D eigenvalue weighted by Crippen LogP contribution is 2.40. The number of nitrogens with zero attached hydrogens (tertiary/aromatic N) is 5. The zero-order chi connectivity index (χ0) is 18.5. The Hall–Kier alpha value is -3.14. The number of halogens is 1. The molecule has 0 aromatic carbocycles. The van der Waals surface area contributed by atoms with Crippen molar-refractivity contribution in [1.29, 1.82) is 0 Å². The molecule has 26 heavy (non-hydrogen) atoms. The van der Waals surface area contributed by atoms with E-state index in [9.17, 15) is 9.18 Å². The number of rotatable bonds is 4. The average molecular weight is 357 g/mol. The van der Waals surface area contributed by atoms with Crippen molar-refractivity contribution in [3.63, 3.8) is 0 Å². The van der Waals surface area contributed by atoms with Gasteiger partial charge < -0.3 is 9.73 Å². The highest BCUT2D eigenvalue weighted by molar-refractivity contribution is 6.15. The number of furan rings is 1. The maximum atomic E-state index is 13.0. The predicted octanol–water partition coefficient (Wildman–Crippen LogP) is 1.95. The third-order valence-electron chi connectivity index (χ3n) is 4.34. The quantitative estimate of drug-likeness (QED) is 0.412.